The maximum absolute atomic E-state index is 13.2. The topological polar surface area (TPSA) is 84.1 Å². The summed E-state index contributed by atoms with van der Waals surface area (Å²) in [4.78, 5) is 23.6. The van der Waals surface area contributed by atoms with Crippen LogP contribution in [0.1, 0.15) is 35.8 Å². The van der Waals surface area contributed by atoms with Crippen molar-refractivity contribution in [2.75, 3.05) is 11.9 Å². The minimum absolute atomic E-state index is 0.149. The zero-order chi connectivity index (χ0) is 16.1. The standard InChI is InChI=1S/C15H16FN3O3/c1-3-22-15(21)12-8-13(19-18-12)17-14(20)9(2)10-5-4-6-11(16)7-10/h4-9H,3H2,1-2H3,(H2,17,18,19,20)/t9-/m0/s1. The number of ether oxygens (including phenoxy) is 1. The number of rotatable bonds is 5. The van der Waals surface area contributed by atoms with Gasteiger partial charge in [0.2, 0.25) is 5.91 Å². The van der Waals surface area contributed by atoms with Crippen LogP contribution in [0.2, 0.25) is 0 Å². The van der Waals surface area contributed by atoms with E-state index >= 15 is 0 Å². The van der Waals surface area contributed by atoms with Gasteiger partial charge < -0.3 is 10.1 Å². The summed E-state index contributed by atoms with van der Waals surface area (Å²) < 4.78 is 18.0. The van der Waals surface area contributed by atoms with Crippen LogP contribution in [0.4, 0.5) is 10.2 Å². The van der Waals surface area contributed by atoms with Crippen LogP contribution in [0.25, 0.3) is 0 Å². The highest BCUT2D eigenvalue weighted by atomic mass is 19.1. The van der Waals surface area contributed by atoms with Gasteiger partial charge in [-0.15, -0.1) is 0 Å². The maximum Gasteiger partial charge on any atom is 0.356 e. The van der Waals surface area contributed by atoms with E-state index in [1.165, 1.54) is 18.2 Å². The Labute approximate surface area is 126 Å². The largest absolute Gasteiger partial charge is 0.461 e. The lowest BCUT2D eigenvalue weighted by molar-refractivity contribution is -0.117. The van der Waals surface area contributed by atoms with Gasteiger partial charge in [0.15, 0.2) is 5.82 Å². The predicted octanol–water partition coefficient (Wildman–Crippen LogP) is 2.47. The fourth-order valence-electron chi connectivity index (χ4n) is 1.86. The van der Waals surface area contributed by atoms with Crippen molar-refractivity contribution in [3.8, 4) is 0 Å². The minimum Gasteiger partial charge on any atom is -0.461 e. The number of benzene rings is 1. The van der Waals surface area contributed by atoms with Crippen molar-refractivity contribution in [2.45, 2.75) is 19.8 Å². The summed E-state index contributed by atoms with van der Waals surface area (Å²) in [6, 6.07) is 7.21. The number of carbonyl (C=O) groups is 2. The normalized spacial score (nSPS) is 11.8. The van der Waals surface area contributed by atoms with Crippen molar-refractivity contribution in [2.24, 2.45) is 0 Å². The molecule has 0 aliphatic carbocycles. The quantitative estimate of drug-likeness (QED) is 0.831. The van der Waals surface area contributed by atoms with Crippen molar-refractivity contribution < 1.29 is 18.7 Å². The Bertz CT molecular complexity index is 684. The molecule has 0 bridgehead atoms. The Morgan fingerprint density at radius 1 is 1.41 bits per heavy atom. The number of hydrogen-bond donors (Lipinski definition) is 2. The minimum atomic E-state index is -0.557. The lowest BCUT2D eigenvalue weighted by atomic mass is 10.0. The summed E-state index contributed by atoms with van der Waals surface area (Å²) in [7, 11) is 0. The summed E-state index contributed by atoms with van der Waals surface area (Å²) in [6.07, 6.45) is 0. The lowest BCUT2D eigenvalue weighted by Gasteiger charge is -2.11. The van der Waals surface area contributed by atoms with Gasteiger partial charge in [-0.3, -0.25) is 9.89 Å². The fourth-order valence-corrected chi connectivity index (χ4v) is 1.86. The highest BCUT2D eigenvalue weighted by Gasteiger charge is 2.18. The molecule has 2 rings (SSSR count). The molecule has 22 heavy (non-hydrogen) atoms. The molecule has 0 saturated heterocycles. The number of nitrogens with zero attached hydrogens (tertiary/aromatic N) is 1. The summed E-state index contributed by atoms with van der Waals surface area (Å²) in [5.41, 5.74) is 0.703. The zero-order valence-electron chi connectivity index (χ0n) is 12.2. The van der Waals surface area contributed by atoms with Gasteiger partial charge in [-0.25, -0.2) is 9.18 Å². The number of halogens is 1. The lowest BCUT2D eigenvalue weighted by Crippen LogP contribution is -2.19. The second kappa shape index (κ2) is 6.84. The molecule has 6 nitrogen and oxygen atoms in total. The molecule has 0 fully saturated rings. The molecule has 1 aromatic heterocycles. The molecule has 1 amide bonds. The number of anilines is 1. The maximum atomic E-state index is 13.2. The molecule has 1 heterocycles. The Hall–Kier alpha value is -2.70. The van der Waals surface area contributed by atoms with Gasteiger partial charge in [0.1, 0.15) is 11.5 Å². The first-order chi connectivity index (χ1) is 10.5. The van der Waals surface area contributed by atoms with Crippen LogP contribution in [0.15, 0.2) is 30.3 Å². The molecular formula is C15H16FN3O3. The van der Waals surface area contributed by atoms with Gasteiger partial charge in [0, 0.05) is 6.07 Å². The number of amides is 1. The Morgan fingerprint density at radius 2 is 2.18 bits per heavy atom. The SMILES string of the molecule is CCOC(=O)c1cc(NC(=O)[C@@H](C)c2cccc(F)c2)n[nH]1. The van der Waals surface area contributed by atoms with Crippen LogP contribution in [0.5, 0.6) is 0 Å². The highest BCUT2D eigenvalue weighted by Crippen LogP contribution is 2.18. The number of H-pyrrole nitrogens is 1. The van der Waals surface area contributed by atoms with E-state index in [4.69, 9.17) is 4.74 Å². The van der Waals surface area contributed by atoms with Crippen molar-refractivity contribution in [1.29, 1.82) is 0 Å². The van der Waals surface area contributed by atoms with Crippen molar-refractivity contribution in [3.63, 3.8) is 0 Å². The van der Waals surface area contributed by atoms with Gasteiger partial charge >= 0.3 is 5.97 Å². The molecule has 0 saturated carbocycles. The van der Waals surface area contributed by atoms with Gasteiger partial charge in [-0.05, 0) is 31.5 Å². The summed E-state index contributed by atoms with van der Waals surface area (Å²) in [5.74, 6) is -1.66. The Morgan fingerprint density at radius 3 is 2.86 bits per heavy atom. The predicted molar refractivity (Wildman–Crippen MR) is 78.0 cm³/mol. The van der Waals surface area contributed by atoms with Crippen molar-refractivity contribution in [3.05, 3.63) is 47.4 Å². The smallest absolute Gasteiger partial charge is 0.356 e. The van der Waals surface area contributed by atoms with E-state index < -0.39 is 17.7 Å². The van der Waals surface area contributed by atoms with Crippen LogP contribution in [-0.2, 0) is 9.53 Å². The van der Waals surface area contributed by atoms with Gasteiger partial charge in [0.25, 0.3) is 0 Å². The summed E-state index contributed by atoms with van der Waals surface area (Å²) in [5, 5.41) is 8.87. The zero-order valence-corrected chi connectivity index (χ0v) is 12.2. The summed E-state index contributed by atoms with van der Waals surface area (Å²) in [6.45, 7) is 3.59. The van der Waals surface area contributed by atoms with Crippen LogP contribution in [0.3, 0.4) is 0 Å². The first-order valence-corrected chi connectivity index (χ1v) is 6.80. The van der Waals surface area contributed by atoms with Crippen LogP contribution in [-0.4, -0.2) is 28.7 Å². The van der Waals surface area contributed by atoms with Crippen molar-refractivity contribution >= 4 is 17.7 Å². The van der Waals surface area contributed by atoms with Crippen molar-refractivity contribution in [1.82, 2.24) is 10.2 Å². The molecule has 1 aromatic carbocycles. The van der Waals surface area contributed by atoms with Gasteiger partial charge in [0.05, 0.1) is 12.5 Å². The second-order valence-electron chi connectivity index (χ2n) is 4.65. The van der Waals surface area contributed by atoms with Gasteiger partial charge in [-0.1, -0.05) is 12.1 Å². The van der Waals surface area contributed by atoms with E-state index in [1.54, 1.807) is 26.0 Å². The number of esters is 1. The third kappa shape index (κ3) is 3.69. The number of carbonyl (C=O) groups excluding carboxylic acids is 2. The Kier molecular flexibility index (Phi) is 4.88. The molecule has 0 aliphatic heterocycles. The highest BCUT2D eigenvalue weighted by molar-refractivity contribution is 5.96. The molecule has 116 valence electrons. The fraction of sp³-hybridized carbons (Fsp3) is 0.267. The number of aromatic amines is 1. The molecule has 7 heteroatoms. The first-order valence-electron chi connectivity index (χ1n) is 6.80. The van der Waals surface area contributed by atoms with Gasteiger partial charge in [-0.2, -0.15) is 5.10 Å². The Balaban J connectivity index is 2.04. The van der Waals surface area contributed by atoms with E-state index in [0.717, 1.165) is 0 Å². The molecule has 0 unspecified atom stereocenters. The molecule has 2 N–H and O–H groups in total. The monoisotopic (exact) mass is 305 g/mol. The number of nitrogens with one attached hydrogen (secondary N) is 2. The van der Waals surface area contributed by atoms with E-state index in [2.05, 4.69) is 15.5 Å². The van der Waals surface area contributed by atoms with Crippen LogP contribution in [0, 0.1) is 5.82 Å². The molecule has 0 radical (unpaired) electrons. The molecular weight excluding hydrogens is 289 g/mol. The average molecular weight is 305 g/mol. The third-order valence-electron chi connectivity index (χ3n) is 3.07. The molecule has 0 aliphatic rings. The molecule has 1 atom stereocenters. The van der Waals surface area contributed by atoms with E-state index in [1.807, 2.05) is 0 Å². The molecule has 0 spiro atoms. The number of hydrogen-bond acceptors (Lipinski definition) is 4. The average Bonchev–Trinajstić information content (AvgIpc) is 2.95. The van der Waals surface area contributed by atoms with E-state index in [0.29, 0.717) is 5.56 Å². The van der Waals surface area contributed by atoms with E-state index in [-0.39, 0.29) is 24.0 Å². The number of aromatic nitrogens is 2. The van der Waals surface area contributed by atoms with E-state index in [9.17, 15) is 14.0 Å². The second-order valence-corrected chi connectivity index (χ2v) is 4.65. The summed E-state index contributed by atoms with van der Waals surface area (Å²) >= 11 is 0. The first kappa shape index (κ1) is 15.7. The third-order valence-corrected chi connectivity index (χ3v) is 3.07. The molecule has 2 aromatic rings. The van der Waals surface area contributed by atoms with Crippen LogP contribution < -0.4 is 5.32 Å². The van der Waals surface area contributed by atoms with Crippen LogP contribution >= 0.6 is 0 Å².